The van der Waals surface area contributed by atoms with E-state index >= 15 is 0 Å². The maximum atomic E-state index is 2.58. The molecular formula is C29H39ClN2. The standard InChI is InChI=1S/C29H38N2.ClH/c1-2-30-12-14-31(15-13-30)27-10-8-26(9-11-27)28(25-6-4-3-5-7-25)29-19-22-16-23(20-29)18-24(17-22)21-29;/h3-11,22-24,28H,2,12-21H2,1H3;1H. The van der Waals surface area contributed by atoms with Crippen LogP contribution in [0.5, 0.6) is 0 Å². The zero-order valence-electron chi connectivity index (χ0n) is 19.6. The van der Waals surface area contributed by atoms with Crippen LogP contribution in [0.3, 0.4) is 0 Å². The summed E-state index contributed by atoms with van der Waals surface area (Å²) in [6, 6.07) is 21.3. The van der Waals surface area contributed by atoms with Crippen molar-refractivity contribution in [2.24, 2.45) is 23.2 Å². The third kappa shape index (κ3) is 3.99. The second-order valence-electron chi connectivity index (χ2n) is 11.1. The molecular weight excluding hydrogens is 412 g/mol. The molecule has 1 atom stereocenters. The van der Waals surface area contributed by atoms with Gasteiger partial charge in [0.25, 0.3) is 0 Å². The number of hydrogen-bond acceptors (Lipinski definition) is 2. The molecule has 7 rings (SSSR count). The molecule has 172 valence electrons. The molecule has 5 fully saturated rings. The molecule has 0 spiro atoms. The van der Waals surface area contributed by atoms with Crippen molar-refractivity contribution in [2.75, 3.05) is 37.6 Å². The highest BCUT2D eigenvalue weighted by Gasteiger charge is 2.54. The van der Waals surface area contributed by atoms with E-state index in [0.29, 0.717) is 11.3 Å². The predicted molar refractivity (Wildman–Crippen MR) is 137 cm³/mol. The average molecular weight is 451 g/mol. The summed E-state index contributed by atoms with van der Waals surface area (Å²) < 4.78 is 0. The van der Waals surface area contributed by atoms with Crippen LogP contribution < -0.4 is 4.90 Å². The molecule has 0 radical (unpaired) electrons. The van der Waals surface area contributed by atoms with E-state index in [-0.39, 0.29) is 12.4 Å². The quantitative estimate of drug-likeness (QED) is 0.506. The smallest absolute Gasteiger partial charge is 0.0367 e. The Morgan fingerprint density at radius 2 is 1.28 bits per heavy atom. The highest BCUT2D eigenvalue weighted by molar-refractivity contribution is 5.85. The van der Waals surface area contributed by atoms with Gasteiger partial charge in [-0.1, -0.05) is 49.4 Å². The highest BCUT2D eigenvalue weighted by Crippen LogP contribution is 2.65. The molecule has 32 heavy (non-hydrogen) atoms. The zero-order valence-corrected chi connectivity index (χ0v) is 20.4. The molecule has 2 nitrogen and oxygen atoms in total. The normalized spacial score (nSPS) is 32.5. The summed E-state index contributed by atoms with van der Waals surface area (Å²) in [5.41, 5.74) is 5.01. The van der Waals surface area contributed by atoms with Crippen LogP contribution in [0.4, 0.5) is 5.69 Å². The van der Waals surface area contributed by atoms with Gasteiger partial charge in [0.05, 0.1) is 0 Å². The Kier molecular flexibility index (Phi) is 6.29. The van der Waals surface area contributed by atoms with E-state index in [1.54, 1.807) is 11.1 Å². The third-order valence-electron chi connectivity index (χ3n) is 9.24. The Morgan fingerprint density at radius 3 is 1.81 bits per heavy atom. The van der Waals surface area contributed by atoms with Crippen molar-refractivity contribution in [1.82, 2.24) is 4.90 Å². The van der Waals surface area contributed by atoms with Gasteiger partial charge in [-0.15, -0.1) is 12.4 Å². The summed E-state index contributed by atoms with van der Waals surface area (Å²) in [6.45, 7) is 8.15. The Bertz CT molecular complexity index is 850. The first-order chi connectivity index (χ1) is 15.2. The first-order valence-corrected chi connectivity index (χ1v) is 12.8. The van der Waals surface area contributed by atoms with Crippen molar-refractivity contribution in [2.45, 2.75) is 51.4 Å². The van der Waals surface area contributed by atoms with Gasteiger partial charge in [0.1, 0.15) is 0 Å². The third-order valence-corrected chi connectivity index (χ3v) is 9.24. The van der Waals surface area contributed by atoms with Gasteiger partial charge in [0.2, 0.25) is 0 Å². The van der Waals surface area contributed by atoms with Crippen molar-refractivity contribution < 1.29 is 0 Å². The first kappa shape index (κ1) is 22.3. The van der Waals surface area contributed by atoms with Gasteiger partial charge < -0.3 is 9.80 Å². The van der Waals surface area contributed by atoms with E-state index in [1.165, 1.54) is 63.8 Å². The van der Waals surface area contributed by atoms with Crippen LogP contribution in [-0.2, 0) is 0 Å². The van der Waals surface area contributed by atoms with Gasteiger partial charge in [-0.25, -0.2) is 0 Å². The van der Waals surface area contributed by atoms with E-state index in [2.05, 4.69) is 71.3 Å². The fourth-order valence-corrected chi connectivity index (χ4v) is 8.28. The molecule has 4 aliphatic carbocycles. The molecule has 0 aromatic heterocycles. The van der Waals surface area contributed by atoms with Gasteiger partial charge in [0.15, 0.2) is 0 Å². The van der Waals surface area contributed by atoms with Crippen LogP contribution in [0.2, 0.25) is 0 Å². The number of anilines is 1. The van der Waals surface area contributed by atoms with Crippen LogP contribution in [-0.4, -0.2) is 37.6 Å². The van der Waals surface area contributed by atoms with Crippen molar-refractivity contribution in [3.63, 3.8) is 0 Å². The largest absolute Gasteiger partial charge is 0.369 e. The van der Waals surface area contributed by atoms with Crippen LogP contribution >= 0.6 is 12.4 Å². The van der Waals surface area contributed by atoms with Crippen molar-refractivity contribution in [1.29, 1.82) is 0 Å². The molecule has 0 N–H and O–H groups in total. The Balaban J connectivity index is 0.00000216. The molecule has 3 heteroatoms. The molecule has 4 saturated carbocycles. The summed E-state index contributed by atoms with van der Waals surface area (Å²) in [6.07, 6.45) is 8.92. The van der Waals surface area contributed by atoms with Gasteiger partial charge >= 0.3 is 0 Å². The Morgan fingerprint density at radius 1 is 0.750 bits per heavy atom. The van der Waals surface area contributed by atoms with Gasteiger partial charge in [-0.05, 0) is 91.5 Å². The number of hydrogen-bond donors (Lipinski definition) is 0. The molecule has 4 bridgehead atoms. The minimum Gasteiger partial charge on any atom is -0.369 e. The first-order valence-electron chi connectivity index (χ1n) is 12.8. The minimum atomic E-state index is 0. The van der Waals surface area contributed by atoms with Crippen LogP contribution in [0.1, 0.15) is 62.5 Å². The predicted octanol–water partition coefficient (Wildman–Crippen LogP) is 6.60. The zero-order chi connectivity index (χ0) is 20.8. The molecule has 2 aromatic rings. The second kappa shape index (κ2) is 9.03. The molecule has 0 amide bonds. The van der Waals surface area contributed by atoms with E-state index in [0.717, 1.165) is 30.8 Å². The lowest BCUT2D eigenvalue weighted by atomic mass is 9.45. The van der Waals surface area contributed by atoms with Crippen molar-refractivity contribution in [3.05, 3.63) is 65.7 Å². The van der Waals surface area contributed by atoms with Crippen LogP contribution in [0.15, 0.2) is 54.6 Å². The van der Waals surface area contributed by atoms with E-state index in [1.807, 2.05) is 0 Å². The summed E-state index contributed by atoms with van der Waals surface area (Å²) in [4.78, 5) is 5.14. The lowest BCUT2D eigenvalue weighted by molar-refractivity contribution is -0.0618. The van der Waals surface area contributed by atoms with E-state index in [9.17, 15) is 0 Å². The number of piperazine rings is 1. The molecule has 1 heterocycles. The lowest BCUT2D eigenvalue weighted by Crippen LogP contribution is -2.49. The number of benzene rings is 2. The van der Waals surface area contributed by atoms with Crippen LogP contribution in [0, 0.1) is 23.2 Å². The molecule has 1 aliphatic heterocycles. The van der Waals surface area contributed by atoms with Gasteiger partial charge in [0, 0.05) is 37.8 Å². The Hall–Kier alpha value is -1.51. The maximum absolute atomic E-state index is 2.58. The van der Waals surface area contributed by atoms with Gasteiger partial charge in [-0.3, -0.25) is 0 Å². The van der Waals surface area contributed by atoms with E-state index in [4.69, 9.17) is 0 Å². The SMILES string of the molecule is CCN1CCN(c2ccc(C(c3ccccc3)C34CC5CC(CC(C5)C3)C4)cc2)CC1.Cl. The maximum Gasteiger partial charge on any atom is 0.0367 e. The monoisotopic (exact) mass is 450 g/mol. The van der Waals surface area contributed by atoms with E-state index < -0.39 is 0 Å². The fourth-order valence-electron chi connectivity index (χ4n) is 8.28. The summed E-state index contributed by atoms with van der Waals surface area (Å²) in [7, 11) is 0. The lowest BCUT2D eigenvalue weighted by Gasteiger charge is -2.60. The summed E-state index contributed by atoms with van der Waals surface area (Å²) in [5.74, 6) is 3.54. The molecule has 2 aromatic carbocycles. The summed E-state index contributed by atoms with van der Waals surface area (Å²) in [5, 5.41) is 0. The Labute approximate surface area is 200 Å². The molecule has 5 aliphatic rings. The van der Waals surface area contributed by atoms with Crippen molar-refractivity contribution >= 4 is 18.1 Å². The average Bonchev–Trinajstić information content (AvgIpc) is 2.79. The molecule has 1 saturated heterocycles. The second-order valence-corrected chi connectivity index (χ2v) is 11.1. The van der Waals surface area contributed by atoms with Crippen molar-refractivity contribution in [3.8, 4) is 0 Å². The van der Waals surface area contributed by atoms with Crippen LogP contribution in [0.25, 0.3) is 0 Å². The number of rotatable bonds is 5. The molecule has 1 unspecified atom stereocenters. The highest BCUT2D eigenvalue weighted by atomic mass is 35.5. The fraction of sp³-hybridized carbons (Fsp3) is 0.586. The minimum absolute atomic E-state index is 0. The number of likely N-dealkylation sites (N-methyl/N-ethyl adjacent to an activating group) is 1. The number of nitrogens with zero attached hydrogens (tertiary/aromatic N) is 2. The topological polar surface area (TPSA) is 6.48 Å². The van der Waals surface area contributed by atoms with Gasteiger partial charge in [-0.2, -0.15) is 0 Å². The number of halogens is 1. The summed E-state index contributed by atoms with van der Waals surface area (Å²) >= 11 is 0.